The van der Waals surface area contributed by atoms with Crippen LogP contribution in [0.25, 0.3) is 0 Å². The molecule has 0 aromatic heterocycles. The van der Waals surface area contributed by atoms with Gasteiger partial charge >= 0.3 is 0 Å². The molecule has 1 spiro atoms. The lowest BCUT2D eigenvalue weighted by Crippen LogP contribution is -2.49. The second kappa shape index (κ2) is 13.7. The van der Waals surface area contributed by atoms with E-state index in [-0.39, 0.29) is 17.2 Å². The molecule has 0 aliphatic carbocycles. The maximum atomic E-state index is 13.3. The van der Waals surface area contributed by atoms with Crippen LogP contribution in [-0.4, -0.2) is 80.6 Å². The minimum absolute atomic E-state index is 0.200. The summed E-state index contributed by atoms with van der Waals surface area (Å²) in [5, 5.41) is 0. The fraction of sp³-hybridized carbons (Fsp3) is 0.606. The van der Waals surface area contributed by atoms with Gasteiger partial charge in [0.05, 0.1) is 6.26 Å². The highest BCUT2D eigenvalue weighted by Crippen LogP contribution is 2.39. The molecule has 0 saturated carbocycles. The molecular formula is C33H47N3O4S. The summed E-state index contributed by atoms with van der Waals surface area (Å²) in [4.78, 5) is 18.0. The number of amides is 1. The van der Waals surface area contributed by atoms with Crippen molar-refractivity contribution in [2.75, 3.05) is 52.1 Å². The van der Waals surface area contributed by atoms with Crippen LogP contribution in [0.1, 0.15) is 62.5 Å². The molecule has 2 aromatic rings. The first-order valence-corrected chi connectivity index (χ1v) is 17.3. The number of aryl methyl sites for hydroxylation is 1. The number of carbonyl (C=O) groups excluding carboxylic acids is 1. The van der Waals surface area contributed by atoms with E-state index in [1.165, 1.54) is 30.2 Å². The maximum Gasteiger partial charge on any atom is 0.222 e. The smallest absolute Gasteiger partial charge is 0.222 e. The van der Waals surface area contributed by atoms with Gasteiger partial charge in [0.15, 0.2) is 0 Å². The van der Waals surface area contributed by atoms with E-state index >= 15 is 0 Å². The molecule has 0 radical (unpaired) electrons. The van der Waals surface area contributed by atoms with Gasteiger partial charge in [-0.3, -0.25) is 9.69 Å². The molecule has 224 valence electrons. The van der Waals surface area contributed by atoms with Crippen LogP contribution in [-0.2, 0) is 27.8 Å². The van der Waals surface area contributed by atoms with Gasteiger partial charge in [-0.05, 0) is 73.5 Å². The number of fused-ring (bicyclic) bond motifs is 1. The summed E-state index contributed by atoms with van der Waals surface area (Å²) in [7, 11) is -3.14. The van der Waals surface area contributed by atoms with Crippen molar-refractivity contribution in [3.63, 3.8) is 0 Å². The lowest BCUT2D eigenvalue weighted by Gasteiger charge is -2.45. The van der Waals surface area contributed by atoms with Gasteiger partial charge in [-0.15, -0.1) is 0 Å². The Balaban J connectivity index is 1.22. The van der Waals surface area contributed by atoms with Crippen molar-refractivity contribution >= 4 is 15.9 Å². The average molecular weight is 582 g/mol. The molecule has 0 unspecified atom stereocenters. The number of rotatable bonds is 5. The van der Waals surface area contributed by atoms with Crippen LogP contribution in [0, 0.1) is 11.3 Å². The molecule has 0 bridgehead atoms. The number of ether oxygens (including phenoxy) is 1. The van der Waals surface area contributed by atoms with Crippen molar-refractivity contribution < 1.29 is 17.9 Å². The van der Waals surface area contributed by atoms with Gasteiger partial charge in [-0.25, -0.2) is 12.7 Å². The number of piperidine rings is 2. The van der Waals surface area contributed by atoms with Gasteiger partial charge in [-0.2, -0.15) is 0 Å². The monoisotopic (exact) mass is 581 g/mol. The highest BCUT2D eigenvalue weighted by Gasteiger charge is 2.38. The Morgan fingerprint density at radius 1 is 0.902 bits per heavy atom. The van der Waals surface area contributed by atoms with E-state index in [1.807, 2.05) is 0 Å². The molecule has 3 heterocycles. The average Bonchev–Trinajstić information content (AvgIpc) is 2.96. The van der Waals surface area contributed by atoms with Gasteiger partial charge in [0.1, 0.15) is 12.4 Å². The number of nitrogens with zero attached hydrogens (tertiary/aromatic N) is 3. The third-order valence-electron chi connectivity index (χ3n) is 9.53. The first kappa shape index (κ1) is 30.1. The Morgan fingerprint density at radius 3 is 2.34 bits per heavy atom. The van der Waals surface area contributed by atoms with E-state index in [4.69, 9.17) is 4.74 Å². The summed E-state index contributed by atoms with van der Waals surface area (Å²) in [6.07, 6.45) is 10.00. The highest BCUT2D eigenvalue weighted by atomic mass is 32.2. The summed E-state index contributed by atoms with van der Waals surface area (Å²) in [6.45, 7) is 6.18. The fourth-order valence-electron chi connectivity index (χ4n) is 7.02. The Morgan fingerprint density at radius 2 is 1.61 bits per heavy atom. The molecule has 8 heteroatoms. The zero-order chi connectivity index (χ0) is 28.7. The number of hydrogen-bond donors (Lipinski definition) is 0. The van der Waals surface area contributed by atoms with Crippen LogP contribution >= 0.6 is 0 Å². The zero-order valence-corrected chi connectivity index (χ0v) is 25.5. The molecule has 7 nitrogen and oxygen atoms in total. The van der Waals surface area contributed by atoms with Gasteiger partial charge in [0.2, 0.25) is 15.9 Å². The standard InChI is InChI=1S/C33H47N3O4S/c1-41(38,39)36-19-14-28(15-20-36)25-32(37)35-21-17-33(18-22-35)16-8-7-12-30-11-5-6-13-31(30)40-24-23-34(27-33)26-29-9-3-2-4-10-29/h2-6,9-11,13,28H,7-8,12,14-27H2,1H3. The lowest BCUT2D eigenvalue weighted by molar-refractivity contribution is -0.135. The number of likely N-dealkylation sites (tertiary alicyclic amines) is 1. The van der Waals surface area contributed by atoms with Gasteiger partial charge in [0.25, 0.3) is 0 Å². The van der Waals surface area contributed by atoms with E-state index < -0.39 is 10.0 Å². The Hall–Kier alpha value is -2.42. The summed E-state index contributed by atoms with van der Waals surface area (Å²) < 4.78 is 31.6. The Kier molecular flexibility index (Phi) is 10.0. The van der Waals surface area contributed by atoms with E-state index in [9.17, 15) is 13.2 Å². The van der Waals surface area contributed by atoms with Crippen molar-refractivity contribution in [1.29, 1.82) is 0 Å². The lowest BCUT2D eigenvalue weighted by atomic mass is 9.73. The van der Waals surface area contributed by atoms with Crippen molar-refractivity contribution in [1.82, 2.24) is 14.1 Å². The predicted octanol–water partition coefficient (Wildman–Crippen LogP) is 4.96. The SMILES string of the molecule is CS(=O)(=O)N1CCC(CC(=O)N2CCC3(CCCCc4ccccc4OCCN(Cc4ccccc4)C3)CC2)CC1. The maximum absolute atomic E-state index is 13.3. The van der Waals surface area contributed by atoms with Gasteiger partial charge in [-0.1, -0.05) is 55.0 Å². The summed E-state index contributed by atoms with van der Waals surface area (Å²) in [5.74, 6) is 1.55. The normalized spacial score (nSPS) is 21.8. The third kappa shape index (κ3) is 8.33. The topological polar surface area (TPSA) is 70.2 Å². The van der Waals surface area contributed by atoms with Crippen molar-refractivity contribution in [3.05, 3.63) is 65.7 Å². The minimum Gasteiger partial charge on any atom is -0.492 e. The molecule has 0 atom stereocenters. The minimum atomic E-state index is -3.14. The van der Waals surface area contributed by atoms with Crippen LogP contribution in [0.2, 0.25) is 0 Å². The second-order valence-corrected chi connectivity index (χ2v) is 14.5. The predicted molar refractivity (Wildman–Crippen MR) is 163 cm³/mol. The van der Waals surface area contributed by atoms with Gasteiger partial charge in [0, 0.05) is 52.2 Å². The van der Waals surface area contributed by atoms with Crippen molar-refractivity contribution in [2.24, 2.45) is 11.3 Å². The van der Waals surface area contributed by atoms with E-state index in [2.05, 4.69) is 64.4 Å². The van der Waals surface area contributed by atoms with Crippen LogP contribution < -0.4 is 4.74 Å². The largest absolute Gasteiger partial charge is 0.492 e. The Labute approximate surface area is 246 Å². The molecule has 3 aliphatic rings. The number of para-hydroxylation sites is 1. The highest BCUT2D eigenvalue weighted by molar-refractivity contribution is 7.88. The first-order valence-electron chi connectivity index (χ1n) is 15.5. The molecule has 0 N–H and O–H groups in total. The summed E-state index contributed by atoms with van der Waals surface area (Å²) >= 11 is 0. The molecule has 2 fully saturated rings. The number of sulfonamides is 1. The molecule has 41 heavy (non-hydrogen) atoms. The number of hydrogen-bond acceptors (Lipinski definition) is 5. The Bertz CT molecular complexity index is 1240. The molecule has 3 aliphatic heterocycles. The third-order valence-corrected chi connectivity index (χ3v) is 10.8. The van der Waals surface area contributed by atoms with Crippen LogP contribution in [0.3, 0.4) is 0 Å². The molecule has 1 amide bonds. The van der Waals surface area contributed by atoms with Crippen LogP contribution in [0.4, 0.5) is 0 Å². The molecule has 2 saturated heterocycles. The zero-order valence-electron chi connectivity index (χ0n) is 24.7. The van der Waals surface area contributed by atoms with E-state index in [1.54, 1.807) is 4.31 Å². The first-order chi connectivity index (χ1) is 19.8. The molecule has 5 rings (SSSR count). The van der Waals surface area contributed by atoms with Crippen LogP contribution in [0.5, 0.6) is 5.75 Å². The summed E-state index contributed by atoms with van der Waals surface area (Å²) in [6, 6.07) is 19.2. The quantitative estimate of drug-likeness (QED) is 0.499. The summed E-state index contributed by atoms with van der Waals surface area (Å²) in [5.41, 5.74) is 2.83. The van der Waals surface area contributed by atoms with Crippen molar-refractivity contribution in [2.45, 2.75) is 64.3 Å². The number of carbonyl (C=O) groups is 1. The van der Waals surface area contributed by atoms with Crippen molar-refractivity contribution in [3.8, 4) is 5.75 Å². The second-order valence-electron chi connectivity index (χ2n) is 12.5. The van der Waals surface area contributed by atoms with E-state index in [0.29, 0.717) is 26.1 Å². The van der Waals surface area contributed by atoms with Gasteiger partial charge < -0.3 is 9.64 Å². The number of benzene rings is 2. The fourth-order valence-corrected chi connectivity index (χ4v) is 7.89. The molecular weight excluding hydrogens is 534 g/mol. The van der Waals surface area contributed by atoms with E-state index in [0.717, 1.165) is 77.0 Å². The van der Waals surface area contributed by atoms with Crippen LogP contribution in [0.15, 0.2) is 54.6 Å². The molecule has 2 aromatic carbocycles.